The van der Waals surface area contributed by atoms with E-state index in [1.807, 2.05) is 30.3 Å². The van der Waals surface area contributed by atoms with Crippen molar-refractivity contribution < 1.29 is 19.1 Å². The molecule has 1 aliphatic rings. The van der Waals surface area contributed by atoms with Crippen LogP contribution in [0.4, 0.5) is 0 Å². The highest BCUT2D eigenvalue weighted by Crippen LogP contribution is 2.35. The van der Waals surface area contributed by atoms with Crippen LogP contribution < -0.4 is 9.47 Å². The summed E-state index contributed by atoms with van der Waals surface area (Å²) in [6, 6.07) is 14.5. The first kappa shape index (κ1) is 28.7. The molecular weight excluding hydrogens is 460 g/mol. The molecule has 2 atom stereocenters. The number of hydrogen-bond acceptors (Lipinski definition) is 4. The van der Waals surface area contributed by atoms with Crippen molar-refractivity contribution in [1.82, 2.24) is 0 Å². The second-order valence-electron chi connectivity index (χ2n) is 10.7. The van der Waals surface area contributed by atoms with Gasteiger partial charge >= 0.3 is 5.97 Å². The molecule has 0 N–H and O–H groups in total. The average molecular weight is 505 g/mol. The Labute approximate surface area is 223 Å². The molecule has 3 rings (SSSR count). The topological polar surface area (TPSA) is 52.6 Å². The normalized spacial score (nSPS) is 18.8. The molecule has 1 fully saturated rings. The lowest BCUT2D eigenvalue weighted by atomic mass is 9.73. The molecule has 37 heavy (non-hydrogen) atoms. The van der Waals surface area contributed by atoms with Gasteiger partial charge in [0, 0.05) is 5.92 Å². The molecule has 0 spiro atoms. The Hall–Kier alpha value is -2.88. The number of Topliss-reactive ketones (excluding diaryl/α,β-unsaturated/α-hetero) is 1. The molecule has 0 unspecified atom stereocenters. The van der Waals surface area contributed by atoms with E-state index < -0.39 is 5.97 Å². The quantitative estimate of drug-likeness (QED) is 0.118. The number of carbonyl (C=O) groups is 2. The maximum Gasteiger partial charge on any atom is 0.343 e. The van der Waals surface area contributed by atoms with Crippen molar-refractivity contribution >= 4 is 17.8 Å². The van der Waals surface area contributed by atoms with E-state index in [1.54, 1.807) is 24.3 Å². The van der Waals surface area contributed by atoms with Crippen molar-refractivity contribution in [3.05, 3.63) is 65.2 Å². The molecule has 1 aliphatic carbocycles. The molecule has 0 radical (unpaired) electrons. The minimum Gasteiger partial charge on any atom is -0.494 e. The van der Waals surface area contributed by atoms with Crippen molar-refractivity contribution in [2.24, 2.45) is 17.8 Å². The first-order chi connectivity index (χ1) is 17.9. The lowest BCUT2D eigenvalue weighted by molar-refractivity contribution is -0.122. The van der Waals surface area contributed by atoms with Gasteiger partial charge in [-0.05, 0) is 84.7 Å². The molecule has 4 heteroatoms. The highest BCUT2D eigenvalue weighted by atomic mass is 16.5. The summed E-state index contributed by atoms with van der Waals surface area (Å²) in [5.41, 5.74) is 2.30. The molecule has 0 bridgehead atoms. The van der Waals surface area contributed by atoms with Crippen molar-refractivity contribution in [1.29, 1.82) is 0 Å². The molecule has 200 valence electrons. The molecular formula is C33H44O4. The summed E-state index contributed by atoms with van der Waals surface area (Å²) < 4.78 is 11.4. The van der Waals surface area contributed by atoms with Gasteiger partial charge in [0.25, 0.3) is 0 Å². The van der Waals surface area contributed by atoms with E-state index >= 15 is 0 Å². The van der Waals surface area contributed by atoms with Gasteiger partial charge in [-0.15, -0.1) is 0 Å². The van der Waals surface area contributed by atoms with Crippen LogP contribution in [0.25, 0.3) is 6.08 Å². The Morgan fingerprint density at radius 3 is 2.16 bits per heavy atom. The van der Waals surface area contributed by atoms with E-state index in [0.29, 0.717) is 23.8 Å². The number of carbonyl (C=O) groups excluding carboxylic acids is 2. The fourth-order valence-electron chi connectivity index (χ4n) is 4.94. The number of hydrogen-bond donors (Lipinski definition) is 0. The van der Waals surface area contributed by atoms with E-state index in [0.717, 1.165) is 36.1 Å². The van der Waals surface area contributed by atoms with Crippen molar-refractivity contribution in [2.45, 2.75) is 85.5 Å². The summed E-state index contributed by atoms with van der Waals surface area (Å²) in [5.74, 6) is 1.86. The van der Waals surface area contributed by atoms with E-state index in [-0.39, 0.29) is 17.6 Å². The van der Waals surface area contributed by atoms with E-state index in [1.165, 1.54) is 38.5 Å². The Morgan fingerprint density at radius 2 is 1.51 bits per heavy atom. The van der Waals surface area contributed by atoms with Crippen LogP contribution in [-0.4, -0.2) is 18.4 Å². The predicted octanol–water partition coefficient (Wildman–Crippen LogP) is 8.69. The molecule has 4 nitrogen and oxygen atoms in total. The number of benzene rings is 2. The van der Waals surface area contributed by atoms with Crippen LogP contribution >= 0.6 is 0 Å². The average Bonchev–Trinajstić information content (AvgIpc) is 2.89. The van der Waals surface area contributed by atoms with Gasteiger partial charge in [-0.25, -0.2) is 4.79 Å². The summed E-state index contributed by atoms with van der Waals surface area (Å²) in [4.78, 5) is 25.6. The fourth-order valence-corrected chi connectivity index (χ4v) is 4.94. The van der Waals surface area contributed by atoms with Gasteiger partial charge in [-0.2, -0.15) is 0 Å². The largest absolute Gasteiger partial charge is 0.494 e. The van der Waals surface area contributed by atoms with Crippen LogP contribution in [-0.2, 0) is 4.79 Å². The molecule has 0 aromatic heterocycles. The SMILES string of the molecule is CCCCCCCCCOc1ccc(OC(=O)c2ccc(/C=C3/C(=O)[C@@H](C(C)C)CC[C@H]3C)cc2)cc1. The van der Waals surface area contributed by atoms with Crippen LogP contribution in [0.15, 0.2) is 54.1 Å². The number of esters is 1. The predicted molar refractivity (Wildman–Crippen MR) is 151 cm³/mol. The van der Waals surface area contributed by atoms with Crippen LogP contribution in [0.2, 0.25) is 0 Å². The maximum absolute atomic E-state index is 13.0. The first-order valence-electron chi connectivity index (χ1n) is 14.2. The summed E-state index contributed by atoms with van der Waals surface area (Å²) in [6.45, 7) is 9.30. The minimum atomic E-state index is -0.405. The standard InChI is InChI=1S/C33H44O4/c1-5-6-7-8-9-10-11-22-36-28-17-19-29(20-18-28)37-33(35)27-15-13-26(14-16-27)23-31-25(4)12-21-30(24(2)3)32(31)34/h13-20,23-25,30H,5-12,21-22H2,1-4H3/b31-23+/t25-,30-/m1/s1. The third-order valence-corrected chi connectivity index (χ3v) is 7.39. The minimum absolute atomic E-state index is 0.105. The zero-order chi connectivity index (χ0) is 26.6. The molecule has 0 amide bonds. The van der Waals surface area contributed by atoms with E-state index in [2.05, 4.69) is 27.7 Å². The number of ketones is 1. The Kier molecular flexibility index (Phi) is 11.4. The molecule has 0 saturated heterocycles. The second-order valence-corrected chi connectivity index (χ2v) is 10.7. The summed E-state index contributed by atoms with van der Waals surface area (Å²) in [7, 11) is 0. The first-order valence-corrected chi connectivity index (χ1v) is 14.2. The maximum atomic E-state index is 13.0. The lowest BCUT2D eigenvalue weighted by Crippen LogP contribution is -2.30. The number of rotatable bonds is 13. The summed E-state index contributed by atoms with van der Waals surface area (Å²) in [6.07, 6.45) is 12.8. The Balaban J connectivity index is 1.48. The van der Waals surface area contributed by atoms with Crippen molar-refractivity contribution in [3.8, 4) is 11.5 Å². The van der Waals surface area contributed by atoms with Crippen molar-refractivity contribution in [3.63, 3.8) is 0 Å². The molecule has 2 aromatic carbocycles. The third kappa shape index (κ3) is 8.87. The highest BCUT2D eigenvalue weighted by molar-refractivity contribution is 6.02. The van der Waals surface area contributed by atoms with Crippen LogP contribution in [0, 0.1) is 17.8 Å². The van der Waals surface area contributed by atoms with Gasteiger partial charge in [0.15, 0.2) is 5.78 Å². The van der Waals surface area contributed by atoms with Gasteiger partial charge in [0.05, 0.1) is 12.2 Å². The molecule has 1 saturated carbocycles. The number of unbranched alkanes of at least 4 members (excludes halogenated alkanes) is 6. The second kappa shape index (κ2) is 14.8. The number of allylic oxidation sites excluding steroid dienone is 1. The fraction of sp³-hybridized carbons (Fsp3) is 0.515. The molecule has 0 aliphatic heterocycles. The summed E-state index contributed by atoms with van der Waals surface area (Å²) in [5, 5.41) is 0. The molecule has 2 aromatic rings. The van der Waals surface area contributed by atoms with Gasteiger partial charge < -0.3 is 9.47 Å². The van der Waals surface area contributed by atoms with E-state index in [9.17, 15) is 9.59 Å². The monoisotopic (exact) mass is 504 g/mol. The van der Waals surface area contributed by atoms with Crippen LogP contribution in [0.1, 0.15) is 101 Å². The van der Waals surface area contributed by atoms with Crippen LogP contribution in [0.3, 0.4) is 0 Å². The smallest absolute Gasteiger partial charge is 0.343 e. The Morgan fingerprint density at radius 1 is 0.892 bits per heavy atom. The van der Waals surface area contributed by atoms with Crippen LogP contribution in [0.5, 0.6) is 11.5 Å². The van der Waals surface area contributed by atoms with Gasteiger partial charge in [-0.3, -0.25) is 4.79 Å². The van der Waals surface area contributed by atoms with E-state index in [4.69, 9.17) is 9.47 Å². The van der Waals surface area contributed by atoms with Gasteiger partial charge in [0.2, 0.25) is 0 Å². The summed E-state index contributed by atoms with van der Waals surface area (Å²) >= 11 is 0. The third-order valence-electron chi connectivity index (χ3n) is 7.39. The Bertz CT molecular complexity index is 1020. The number of ether oxygens (including phenoxy) is 2. The van der Waals surface area contributed by atoms with Gasteiger partial charge in [0.1, 0.15) is 11.5 Å². The zero-order valence-corrected chi connectivity index (χ0v) is 23.1. The molecule has 0 heterocycles. The highest BCUT2D eigenvalue weighted by Gasteiger charge is 2.32. The zero-order valence-electron chi connectivity index (χ0n) is 23.1. The van der Waals surface area contributed by atoms with Crippen molar-refractivity contribution in [2.75, 3.05) is 6.61 Å². The van der Waals surface area contributed by atoms with Gasteiger partial charge in [-0.1, -0.05) is 78.4 Å². The lowest BCUT2D eigenvalue weighted by Gasteiger charge is -2.30.